The number of benzene rings is 2. The van der Waals surface area contributed by atoms with Gasteiger partial charge in [-0.05, 0) is 49.7 Å². The van der Waals surface area contributed by atoms with Gasteiger partial charge in [-0.25, -0.2) is 9.37 Å². The van der Waals surface area contributed by atoms with Crippen LogP contribution in [0, 0.1) is 19.7 Å². The van der Waals surface area contributed by atoms with E-state index in [1.165, 1.54) is 24.4 Å². The fourth-order valence-electron chi connectivity index (χ4n) is 3.80. The fraction of sp³-hybridized carbons (Fsp3) is 0.115. The average Bonchev–Trinajstić information content (AvgIpc) is 3.34. The normalized spacial score (nSPS) is 11.1. The molecule has 8 nitrogen and oxygen atoms in total. The van der Waals surface area contributed by atoms with Crippen LogP contribution >= 0.6 is 11.6 Å². The first-order chi connectivity index (χ1) is 17.3. The lowest BCUT2D eigenvalue weighted by Crippen LogP contribution is -2.22. The van der Waals surface area contributed by atoms with E-state index in [9.17, 15) is 14.0 Å². The number of pyridine rings is 2. The topological polar surface area (TPSA) is 103 Å². The minimum Gasteiger partial charge on any atom is -0.333 e. The Balaban J connectivity index is 1.56. The Hall–Kier alpha value is -4.37. The highest BCUT2D eigenvalue weighted by Gasteiger charge is 2.19. The van der Waals surface area contributed by atoms with E-state index in [-0.39, 0.29) is 40.5 Å². The molecule has 0 aliphatic heterocycles. The summed E-state index contributed by atoms with van der Waals surface area (Å²) in [5.74, 6) is -0.747. The zero-order valence-corrected chi connectivity index (χ0v) is 20.0. The second-order valence-corrected chi connectivity index (χ2v) is 8.62. The molecule has 0 aliphatic rings. The van der Waals surface area contributed by atoms with Crippen LogP contribution in [0.4, 0.5) is 10.1 Å². The number of fused-ring (bicyclic) bond motifs is 1. The quantitative estimate of drug-likeness (QED) is 0.355. The average molecular weight is 504 g/mol. The van der Waals surface area contributed by atoms with E-state index in [1.54, 1.807) is 41.8 Å². The Labute approximate surface area is 209 Å². The zero-order valence-electron chi connectivity index (χ0n) is 19.3. The number of aryl methyl sites for hydroxylation is 2. The van der Waals surface area contributed by atoms with Gasteiger partial charge >= 0.3 is 0 Å². The number of carbonyl (C=O) groups excluding carboxylic acids is 1. The number of carbonyl (C=O) groups is 1. The van der Waals surface area contributed by atoms with Gasteiger partial charge in [0, 0.05) is 17.5 Å². The highest BCUT2D eigenvalue weighted by Crippen LogP contribution is 2.26. The summed E-state index contributed by atoms with van der Waals surface area (Å²) in [6, 6.07) is 14.4. The molecule has 0 fully saturated rings. The Bertz CT molecular complexity index is 1700. The molecule has 0 saturated heterocycles. The number of rotatable bonds is 5. The van der Waals surface area contributed by atoms with Crippen LogP contribution in [0.15, 0.2) is 70.1 Å². The van der Waals surface area contributed by atoms with E-state index in [0.29, 0.717) is 27.6 Å². The summed E-state index contributed by atoms with van der Waals surface area (Å²) in [5.41, 5.74) is 2.42. The molecule has 10 heteroatoms. The fourth-order valence-corrected chi connectivity index (χ4v) is 3.97. The Morgan fingerprint density at radius 3 is 2.72 bits per heavy atom. The maximum atomic E-state index is 13.6. The van der Waals surface area contributed by atoms with Gasteiger partial charge in [0.1, 0.15) is 23.6 Å². The second kappa shape index (κ2) is 9.35. The first-order valence-corrected chi connectivity index (χ1v) is 11.3. The molecule has 5 rings (SSSR count). The van der Waals surface area contributed by atoms with E-state index in [4.69, 9.17) is 16.1 Å². The van der Waals surface area contributed by atoms with Crippen LogP contribution in [0.2, 0.25) is 5.02 Å². The van der Waals surface area contributed by atoms with Crippen LogP contribution in [-0.2, 0) is 11.3 Å². The summed E-state index contributed by atoms with van der Waals surface area (Å²) in [7, 11) is 0. The summed E-state index contributed by atoms with van der Waals surface area (Å²) < 4.78 is 20.5. The first-order valence-electron chi connectivity index (χ1n) is 11.0. The minimum atomic E-state index is -0.451. The molecule has 2 aromatic carbocycles. The van der Waals surface area contributed by atoms with Gasteiger partial charge < -0.3 is 14.4 Å². The monoisotopic (exact) mass is 503 g/mol. The van der Waals surface area contributed by atoms with Gasteiger partial charge in [0.2, 0.25) is 17.2 Å². The SMILES string of the molecule is Cc1ccc2c(=O)c(-c3nc(-c4cccc(F)c4)no3)cn(CC(=O)Nc3cccc(C)c3Cl)c2n1. The summed E-state index contributed by atoms with van der Waals surface area (Å²) in [6.07, 6.45) is 1.46. The second-order valence-electron chi connectivity index (χ2n) is 8.24. The number of nitrogens with one attached hydrogen (secondary N) is 1. The van der Waals surface area contributed by atoms with E-state index in [2.05, 4.69) is 20.4 Å². The predicted octanol–water partition coefficient (Wildman–Crippen LogP) is 5.16. The molecule has 0 radical (unpaired) electrons. The number of hydrogen-bond acceptors (Lipinski definition) is 6. The van der Waals surface area contributed by atoms with Gasteiger partial charge in [-0.3, -0.25) is 9.59 Å². The van der Waals surface area contributed by atoms with Crippen molar-refractivity contribution in [1.29, 1.82) is 0 Å². The highest BCUT2D eigenvalue weighted by atomic mass is 35.5. The molecule has 36 heavy (non-hydrogen) atoms. The third kappa shape index (κ3) is 4.48. The zero-order chi connectivity index (χ0) is 25.4. The smallest absolute Gasteiger partial charge is 0.263 e. The van der Waals surface area contributed by atoms with Crippen LogP contribution in [-0.4, -0.2) is 25.6 Å². The van der Waals surface area contributed by atoms with Crippen LogP contribution in [0.25, 0.3) is 33.9 Å². The van der Waals surface area contributed by atoms with Crippen molar-refractivity contribution in [3.05, 3.63) is 93.1 Å². The van der Waals surface area contributed by atoms with Crippen LogP contribution < -0.4 is 10.7 Å². The standard InChI is InChI=1S/C26H19ClFN5O3/c1-14-5-3-8-20(22(14)27)30-21(34)13-33-12-19(23(35)18-10-9-15(2)29-25(18)33)26-31-24(32-36-26)16-6-4-7-17(28)11-16/h3-12H,13H2,1-2H3,(H,30,34). The molecular weight excluding hydrogens is 485 g/mol. The van der Waals surface area contributed by atoms with Crippen molar-refractivity contribution < 1.29 is 13.7 Å². The molecule has 180 valence electrons. The molecular formula is C26H19ClFN5O3. The van der Waals surface area contributed by atoms with Crippen molar-refractivity contribution in [2.24, 2.45) is 0 Å². The van der Waals surface area contributed by atoms with Crippen molar-refractivity contribution in [3.8, 4) is 22.8 Å². The van der Waals surface area contributed by atoms with Gasteiger partial charge in [-0.2, -0.15) is 4.98 Å². The molecule has 5 aromatic rings. The first kappa shape index (κ1) is 23.4. The molecule has 0 aliphatic carbocycles. The van der Waals surface area contributed by atoms with E-state index >= 15 is 0 Å². The van der Waals surface area contributed by atoms with Crippen molar-refractivity contribution >= 4 is 34.2 Å². The van der Waals surface area contributed by atoms with E-state index in [0.717, 1.165) is 5.56 Å². The minimum absolute atomic E-state index is 0.0578. The van der Waals surface area contributed by atoms with E-state index < -0.39 is 5.82 Å². The van der Waals surface area contributed by atoms with Gasteiger partial charge in [0.05, 0.1) is 16.1 Å². The summed E-state index contributed by atoms with van der Waals surface area (Å²) in [5, 5.41) is 7.42. The molecule has 0 atom stereocenters. The van der Waals surface area contributed by atoms with Crippen molar-refractivity contribution in [2.45, 2.75) is 20.4 Å². The Kier molecular flexibility index (Phi) is 6.07. The molecule has 0 saturated carbocycles. The van der Waals surface area contributed by atoms with Crippen molar-refractivity contribution in [3.63, 3.8) is 0 Å². The van der Waals surface area contributed by atoms with Gasteiger partial charge in [0.15, 0.2) is 0 Å². The van der Waals surface area contributed by atoms with Crippen LogP contribution in [0.5, 0.6) is 0 Å². The lowest BCUT2D eigenvalue weighted by molar-refractivity contribution is -0.116. The van der Waals surface area contributed by atoms with E-state index in [1.807, 2.05) is 13.0 Å². The maximum Gasteiger partial charge on any atom is 0.263 e. The molecule has 3 aromatic heterocycles. The van der Waals surface area contributed by atoms with Gasteiger partial charge in [0.25, 0.3) is 5.89 Å². The summed E-state index contributed by atoms with van der Waals surface area (Å²) in [6.45, 7) is 3.47. The lowest BCUT2D eigenvalue weighted by Gasteiger charge is -2.13. The number of anilines is 1. The largest absolute Gasteiger partial charge is 0.333 e. The molecule has 0 bridgehead atoms. The predicted molar refractivity (Wildman–Crippen MR) is 134 cm³/mol. The third-order valence-electron chi connectivity index (χ3n) is 5.58. The lowest BCUT2D eigenvalue weighted by atomic mass is 10.1. The molecule has 0 spiro atoms. The molecule has 1 N–H and O–H groups in total. The summed E-state index contributed by atoms with van der Waals surface area (Å²) in [4.78, 5) is 35.0. The van der Waals surface area contributed by atoms with Crippen LogP contribution in [0.3, 0.4) is 0 Å². The van der Waals surface area contributed by atoms with Gasteiger partial charge in [-0.1, -0.05) is 41.0 Å². The maximum absolute atomic E-state index is 13.6. The molecule has 3 heterocycles. The number of halogens is 2. The Morgan fingerprint density at radius 2 is 1.92 bits per heavy atom. The summed E-state index contributed by atoms with van der Waals surface area (Å²) >= 11 is 6.32. The molecule has 1 amide bonds. The van der Waals surface area contributed by atoms with Crippen molar-refractivity contribution in [1.82, 2.24) is 19.7 Å². The Morgan fingerprint density at radius 1 is 1.11 bits per heavy atom. The van der Waals surface area contributed by atoms with Gasteiger partial charge in [-0.15, -0.1) is 0 Å². The van der Waals surface area contributed by atoms with Crippen LogP contribution in [0.1, 0.15) is 11.3 Å². The van der Waals surface area contributed by atoms with Crippen molar-refractivity contribution in [2.75, 3.05) is 5.32 Å². The molecule has 0 unspecified atom stereocenters. The number of aromatic nitrogens is 4. The number of amides is 1. The third-order valence-corrected chi connectivity index (χ3v) is 6.08. The number of hydrogen-bond donors (Lipinski definition) is 1. The number of nitrogens with zero attached hydrogens (tertiary/aromatic N) is 4. The highest BCUT2D eigenvalue weighted by molar-refractivity contribution is 6.34.